The average molecular weight is 382 g/mol. The van der Waals surface area contributed by atoms with Crippen LogP contribution in [0, 0.1) is 20.8 Å². The van der Waals surface area contributed by atoms with Crippen molar-refractivity contribution < 1.29 is 9.59 Å². The van der Waals surface area contributed by atoms with Gasteiger partial charge >= 0.3 is 0 Å². The number of ketones is 2. The molecule has 0 bridgehead atoms. The van der Waals surface area contributed by atoms with Gasteiger partial charge in [0.2, 0.25) is 0 Å². The molecule has 1 aromatic carbocycles. The maximum Gasteiger partial charge on any atom is 0.191 e. The van der Waals surface area contributed by atoms with Gasteiger partial charge in [0.15, 0.2) is 22.5 Å². The number of thioether (sulfide) groups is 1. The number of carbonyl (C=O) groups excluding carboxylic acids is 2. The second kappa shape index (κ2) is 7.52. The third-order valence-electron chi connectivity index (χ3n) is 4.55. The SMILES string of the molecule is CC(=O)c1c(C)[nH]c(C(=O)CSc2nnc(-c3ccc(C)cc3)n2C)c1C. The van der Waals surface area contributed by atoms with Gasteiger partial charge < -0.3 is 9.55 Å². The zero-order valence-corrected chi connectivity index (χ0v) is 16.9. The Morgan fingerprint density at radius 1 is 1.11 bits per heavy atom. The summed E-state index contributed by atoms with van der Waals surface area (Å²) in [6, 6.07) is 8.08. The van der Waals surface area contributed by atoms with Crippen molar-refractivity contribution in [3.63, 3.8) is 0 Å². The highest BCUT2D eigenvalue weighted by molar-refractivity contribution is 7.99. The second-order valence-corrected chi connectivity index (χ2v) is 7.57. The molecule has 0 unspecified atom stereocenters. The molecule has 0 fully saturated rings. The average Bonchev–Trinajstić information content (AvgIpc) is 3.13. The first-order valence-electron chi connectivity index (χ1n) is 8.62. The largest absolute Gasteiger partial charge is 0.355 e. The smallest absolute Gasteiger partial charge is 0.191 e. The van der Waals surface area contributed by atoms with Crippen molar-refractivity contribution >= 4 is 23.3 Å². The van der Waals surface area contributed by atoms with E-state index in [1.54, 1.807) is 6.92 Å². The molecular formula is C20H22N4O2S. The van der Waals surface area contributed by atoms with Crippen LogP contribution in [-0.4, -0.2) is 37.1 Å². The molecule has 2 aromatic heterocycles. The molecule has 3 rings (SSSR count). The predicted octanol–water partition coefficient (Wildman–Crippen LogP) is 3.91. The molecule has 7 heteroatoms. The lowest BCUT2D eigenvalue weighted by molar-refractivity contribution is 0.101. The fourth-order valence-corrected chi connectivity index (χ4v) is 3.94. The van der Waals surface area contributed by atoms with Crippen LogP contribution in [-0.2, 0) is 7.05 Å². The third-order valence-corrected chi connectivity index (χ3v) is 5.57. The Balaban J connectivity index is 1.76. The van der Waals surface area contributed by atoms with E-state index in [9.17, 15) is 9.59 Å². The summed E-state index contributed by atoms with van der Waals surface area (Å²) >= 11 is 1.34. The van der Waals surface area contributed by atoms with Crippen molar-refractivity contribution in [2.45, 2.75) is 32.9 Å². The summed E-state index contributed by atoms with van der Waals surface area (Å²) in [5.74, 6) is 0.880. The van der Waals surface area contributed by atoms with Gasteiger partial charge in [-0.25, -0.2) is 0 Å². The lowest BCUT2D eigenvalue weighted by Crippen LogP contribution is -2.06. The van der Waals surface area contributed by atoms with Gasteiger partial charge in [-0.3, -0.25) is 9.59 Å². The number of hydrogen-bond donors (Lipinski definition) is 1. The molecule has 2 heterocycles. The number of nitrogens with one attached hydrogen (secondary N) is 1. The minimum Gasteiger partial charge on any atom is -0.355 e. The maximum absolute atomic E-state index is 12.6. The van der Waals surface area contributed by atoms with Crippen LogP contribution in [0.4, 0.5) is 0 Å². The fourth-order valence-electron chi connectivity index (χ4n) is 3.15. The number of carbonyl (C=O) groups is 2. The molecule has 0 saturated carbocycles. The Bertz CT molecular complexity index is 1020. The number of nitrogens with zero attached hydrogens (tertiary/aromatic N) is 3. The summed E-state index contributed by atoms with van der Waals surface area (Å²) < 4.78 is 1.89. The monoisotopic (exact) mass is 382 g/mol. The quantitative estimate of drug-likeness (QED) is 0.516. The van der Waals surface area contributed by atoms with E-state index in [1.165, 1.54) is 24.2 Å². The highest BCUT2D eigenvalue weighted by atomic mass is 32.2. The van der Waals surface area contributed by atoms with Crippen LogP contribution in [0.3, 0.4) is 0 Å². The van der Waals surface area contributed by atoms with E-state index in [-0.39, 0.29) is 17.3 Å². The molecule has 1 N–H and O–H groups in total. The molecule has 27 heavy (non-hydrogen) atoms. The van der Waals surface area contributed by atoms with Gasteiger partial charge in [0.1, 0.15) is 0 Å². The molecule has 140 valence electrons. The number of H-pyrrole nitrogens is 1. The molecule has 0 aliphatic rings. The number of hydrogen-bond acceptors (Lipinski definition) is 5. The van der Waals surface area contributed by atoms with Gasteiger partial charge in [-0.15, -0.1) is 10.2 Å². The van der Waals surface area contributed by atoms with E-state index in [2.05, 4.69) is 15.2 Å². The van der Waals surface area contributed by atoms with E-state index in [0.717, 1.165) is 17.1 Å². The highest BCUT2D eigenvalue weighted by Crippen LogP contribution is 2.25. The lowest BCUT2D eigenvalue weighted by atomic mass is 10.1. The molecule has 0 radical (unpaired) electrons. The summed E-state index contributed by atoms with van der Waals surface area (Å²) in [6.45, 7) is 7.16. The van der Waals surface area contributed by atoms with E-state index >= 15 is 0 Å². The zero-order valence-electron chi connectivity index (χ0n) is 16.1. The third kappa shape index (κ3) is 3.73. The van der Waals surface area contributed by atoms with Crippen molar-refractivity contribution in [1.82, 2.24) is 19.7 Å². The first-order chi connectivity index (χ1) is 12.8. The number of Topliss-reactive ketones (excluding diaryl/α,β-unsaturated/α-hetero) is 2. The van der Waals surface area contributed by atoms with Crippen molar-refractivity contribution in [2.75, 3.05) is 5.75 Å². The Hall–Kier alpha value is -2.67. The number of rotatable bonds is 6. The van der Waals surface area contributed by atoms with Crippen molar-refractivity contribution in [1.29, 1.82) is 0 Å². The van der Waals surface area contributed by atoms with Crippen LogP contribution in [0.15, 0.2) is 29.4 Å². The number of benzene rings is 1. The Morgan fingerprint density at radius 3 is 2.37 bits per heavy atom. The van der Waals surface area contributed by atoms with Gasteiger partial charge in [0.05, 0.1) is 11.4 Å². The van der Waals surface area contributed by atoms with E-state index < -0.39 is 0 Å². The van der Waals surface area contributed by atoms with Crippen molar-refractivity contribution in [2.24, 2.45) is 7.05 Å². The molecule has 0 atom stereocenters. The van der Waals surface area contributed by atoms with Gasteiger partial charge in [-0.2, -0.15) is 0 Å². The summed E-state index contributed by atoms with van der Waals surface area (Å²) in [6.07, 6.45) is 0. The number of aromatic amines is 1. The minimum atomic E-state index is -0.0621. The molecule has 0 spiro atoms. The first kappa shape index (κ1) is 19.1. The minimum absolute atomic E-state index is 0.0380. The molecule has 3 aromatic rings. The molecular weight excluding hydrogens is 360 g/mol. The number of aromatic nitrogens is 4. The van der Waals surface area contributed by atoms with Crippen LogP contribution in [0.1, 0.15) is 44.6 Å². The van der Waals surface area contributed by atoms with Crippen LogP contribution < -0.4 is 0 Å². The topological polar surface area (TPSA) is 80.6 Å². The fraction of sp³-hybridized carbons (Fsp3) is 0.300. The molecule has 0 aliphatic carbocycles. The Morgan fingerprint density at radius 2 is 1.78 bits per heavy atom. The summed E-state index contributed by atoms with van der Waals surface area (Å²) in [5, 5.41) is 9.14. The Labute approximate surface area is 162 Å². The summed E-state index contributed by atoms with van der Waals surface area (Å²) in [7, 11) is 1.89. The lowest BCUT2D eigenvalue weighted by Gasteiger charge is -2.04. The Kier molecular flexibility index (Phi) is 5.32. The zero-order chi connectivity index (χ0) is 19.7. The first-order valence-corrected chi connectivity index (χ1v) is 9.60. The van der Waals surface area contributed by atoms with Crippen molar-refractivity contribution in [3.05, 3.63) is 52.3 Å². The molecule has 0 saturated heterocycles. The van der Waals surface area contributed by atoms with Gasteiger partial charge in [0, 0.05) is 23.9 Å². The van der Waals surface area contributed by atoms with Crippen LogP contribution >= 0.6 is 11.8 Å². The van der Waals surface area contributed by atoms with Gasteiger partial charge in [0.25, 0.3) is 0 Å². The highest BCUT2D eigenvalue weighted by Gasteiger charge is 2.21. The summed E-state index contributed by atoms with van der Waals surface area (Å²) in [5.41, 5.74) is 4.70. The van der Waals surface area contributed by atoms with E-state index in [4.69, 9.17) is 0 Å². The summed E-state index contributed by atoms with van der Waals surface area (Å²) in [4.78, 5) is 27.4. The van der Waals surface area contributed by atoms with E-state index in [1.807, 2.05) is 49.7 Å². The second-order valence-electron chi connectivity index (χ2n) is 6.62. The van der Waals surface area contributed by atoms with Crippen LogP contribution in [0.2, 0.25) is 0 Å². The van der Waals surface area contributed by atoms with Crippen LogP contribution in [0.25, 0.3) is 11.4 Å². The van der Waals surface area contributed by atoms with Crippen LogP contribution in [0.5, 0.6) is 0 Å². The molecule has 0 aliphatic heterocycles. The van der Waals surface area contributed by atoms with E-state index in [0.29, 0.717) is 22.0 Å². The number of aryl methyl sites for hydroxylation is 2. The van der Waals surface area contributed by atoms with Crippen molar-refractivity contribution in [3.8, 4) is 11.4 Å². The standard InChI is InChI=1S/C20H22N4O2S/c1-11-6-8-15(9-7-11)19-22-23-20(24(19)5)27-10-16(26)18-12(2)17(14(4)25)13(3)21-18/h6-9,21H,10H2,1-5H3. The van der Waals surface area contributed by atoms with Gasteiger partial charge in [-0.05, 0) is 33.3 Å². The molecule has 6 nitrogen and oxygen atoms in total. The van der Waals surface area contributed by atoms with Gasteiger partial charge in [-0.1, -0.05) is 41.6 Å². The predicted molar refractivity (Wildman–Crippen MR) is 107 cm³/mol. The maximum atomic E-state index is 12.6. The molecule has 0 amide bonds. The normalized spacial score (nSPS) is 11.0.